The maximum absolute atomic E-state index is 13.1. The van der Waals surface area contributed by atoms with E-state index in [4.69, 9.17) is 4.98 Å². The molecule has 4 aromatic rings. The zero-order valence-corrected chi connectivity index (χ0v) is 19.3. The lowest BCUT2D eigenvalue weighted by molar-refractivity contribution is 0.0868. The number of rotatable bonds is 6. The van der Waals surface area contributed by atoms with Crippen molar-refractivity contribution >= 4 is 5.91 Å². The van der Waals surface area contributed by atoms with Crippen molar-refractivity contribution in [1.82, 2.24) is 29.9 Å². The molecule has 174 valence electrons. The number of benzene rings is 1. The van der Waals surface area contributed by atoms with Crippen molar-refractivity contribution in [3.8, 4) is 17.1 Å². The molecule has 3 heterocycles. The van der Waals surface area contributed by atoms with Crippen LogP contribution in [0.1, 0.15) is 46.4 Å². The highest BCUT2D eigenvalue weighted by Crippen LogP contribution is 2.26. The molecule has 0 saturated heterocycles. The topological polar surface area (TPSA) is 97.9 Å². The van der Waals surface area contributed by atoms with Crippen molar-refractivity contribution in [1.29, 1.82) is 0 Å². The van der Waals surface area contributed by atoms with Crippen molar-refractivity contribution in [2.45, 2.75) is 44.8 Å². The number of aryl methyl sites for hydroxylation is 1. The third-order valence-corrected chi connectivity index (χ3v) is 6.46. The Hall–Kier alpha value is -3.78. The fourth-order valence-electron chi connectivity index (χ4n) is 4.51. The average molecular weight is 457 g/mol. The molecule has 0 radical (unpaired) electrons. The molecule has 1 amide bonds. The predicted molar refractivity (Wildman–Crippen MR) is 129 cm³/mol. The van der Waals surface area contributed by atoms with Crippen LogP contribution >= 0.6 is 0 Å². The summed E-state index contributed by atoms with van der Waals surface area (Å²) in [5.74, 6) is -0.265. The largest absolute Gasteiger partial charge is 0.391 e. The number of hydrogen-bond donors (Lipinski definition) is 2. The molecule has 3 aromatic heterocycles. The Kier molecular flexibility index (Phi) is 5.98. The second-order valence-electron chi connectivity index (χ2n) is 8.89. The van der Waals surface area contributed by atoms with E-state index in [-0.39, 0.29) is 11.9 Å². The first-order valence-corrected chi connectivity index (χ1v) is 11.6. The normalized spacial score (nSPS) is 17.7. The van der Waals surface area contributed by atoms with Crippen LogP contribution < -0.4 is 5.32 Å². The van der Waals surface area contributed by atoms with Gasteiger partial charge < -0.3 is 10.4 Å². The van der Waals surface area contributed by atoms with Crippen LogP contribution in [-0.2, 0) is 13.5 Å². The number of pyridine rings is 1. The molecule has 8 nitrogen and oxygen atoms in total. The zero-order valence-electron chi connectivity index (χ0n) is 19.3. The van der Waals surface area contributed by atoms with Crippen molar-refractivity contribution in [3.05, 3.63) is 83.4 Å². The minimum Gasteiger partial charge on any atom is -0.391 e. The summed E-state index contributed by atoms with van der Waals surface area (Å²) in [7, 11) is 1.86. The van der Waals surface area contributed by atoms with E-state index in [1.165, 1.54) is 0 Å². The van der Waals surface area contributed by atoms with Crippen LogP contribution in [0.2, 0.25) is 0 Å². The van der Waals surface area contributed by atoms with E-state index in [0.717, 1.165) is 40.9 Å². The van der Waals surface area contributed by atoms with Gasteiger partial charge in [-0.1, -0.05) is 12.1 Å². The Morgan fingerprint density at radius 1 is 1.18 bits per heavy atom. The molecule has 1 fully saturated rings. The molecule has 5 rings (SSSR count). The molecule has 1 saturated carbocycles. The fourth-order valence-corrected chi connectivity index (χ4v) is 4.51. The van der Waals surface area contributed by atoms with Crippen LogP contribution in [0, 0.1) is 6.92 Å². The van der Waals surface area contributed by atoms with Crippen molar-refractivity contribution in [2.24, 2.45) is 7.05 Å². The summed E-state index contributed by atoms with van der Waals surface area (Å²) in [5.41, 5.74) is 5.88. The van der Waals surface area contributed by atoms with E-state index in [1.807, 2.05) is 61.4 Å². The van der Waals surface area contributed by atoms with Gasteiger partial charge in [0.15, 0.2) is 0 Å². The van der Waals surface area contributed by atoms with Gasteiger partial charge in [-0.25, -0.2) is 9.67 Å². The molecule has 8 heteroatoms. The number of aliphatic hydroxyl groups is 1. The molecule has 2 atom stereocenters. The summed E-state index contributed by atoms with van der Waals surface area (Å²) in [4.78, 5) is 17.8. The van der Waals surface area contributed by atoms with Gasteiger partial charge >= 0.3 is 0 Å². The summed E-state index contributed by atoms with van der Waals surface area (Å²) in [5, 5.41) is 21.9. The van der Waals surface area contributed by atoms with Gasteiger partial charge in [0, 0.05) is 25.6 Å². The number of aromatic nitrogens is 5. The van der Waals surface area contributed by atoms with E-state index in [0.29, 0.717) is 24.2 Å². The lowest BCUT2D eigenvalue weighted by Gasteiger charge is -2.18. The lowest BCUT2D eigenvalue weighted by atomic mass is 9.97. The van der Waals surface area contributed by atoms with E-state index >= 15 is 0 Å². The van der Waals surface area contributed by atoms with Crippen LogP contribution in [0.3, 0.4) is 0 Å². The molecule has 1 aliphatic carbocycles. The van der Waals surface area contributed by atoms with Crippen LogP contribution in [0.4, 0.5) is 0 Å². The summed E-state index contributed by atoms with van der Waals surface area (Å²) in [6.45, 7) is 2.02. The summed E-state index contributed by atoms with van der Waals surface area (Å²) in [6.07, 6.45) is 8.08. The number of carbonyl (C=O) groups is 1. The van der Waals surface area contributed by atoms with Gasteiger partial charge in [0.1, 0.15) is 11.4 Å². The van der Waals surface area contributed by atoms with Crippen molar-refractivity contribution < 1.29 is 9.90 Å². The Labute approximate surface area is 198 Å². The predicted octanol–water partition coefficient (Wildman–Crippen LogP) is 3.21. The number of amides is 1. The van der Waals surface area contributed by atoms with Crippen LogP contribution in [0.25, 0.3) is 17.1 Å². The van der Waals surface area contributed by atoms with Gasteiger partial charge in [0.05, 0.1) is 23.5 Å². The van der Waals surface area contributed by atoms with E-state index in [2.05, 4.69) is 27.6 Å². The molecule has 1 aromatic carbocycles. The third-order valence-electron chi connectivity index (χ3n) is 6.46. The molecule has 0 unspecified atom stereocenters. The van der Waals surface area contributed by atoms with Gasteiger partial charge in [-0.3, -0.25) is 9.48 Å². The van der Waals surface area contributed by atoms with Gasteiger partial charge in [0.25, 0.3) is 5.91 Å². The second kappa shape index (κ2) is 9.23. The van der Waals surface area contributed by atoms with Crippen LogP contribution in [0.15, 0.2) is 61.1 Å². The summed E-state index contributed by atoms with van der Waals surface area (Å²) in [6, 6.07) is 13.6. The molecule has 0 aliphatic heterocycles. The first-order chi connectivity index (χ1) is 16.5. The Bertz CT molecular complexity index is 1290. The second-order valence-corrected chi connectivity index (χ2v) is 8.89. The quantitative estimate of drug-likeness (QED) is 0.464. The van der Waals surface area contributed by atoms with E-state index in [1.54, 1.807) is 10.9 Å². The summed E-state index contributed by atoms with van der Waals surface area (Å²) < 4.78 is 3.55. The summed E-state index contributed by atoms with van der Waals surface area (Å²) >= 11 is 0. The van der Waals surface area contributed by atoms with E-state index in [9.17, 15) is 9.90 Å². The van der Waals surface area contributed by atoms with Gasteiger partial charge in [-0.15, -0.1) is 0 Å². The Morgan fingerprint density at radius 2 is 2.00 bits per heavy atom. The molecular weight excluding hydrogens is 428 g/mol. The number of hydrogen-bond acceptors (Lipinski definition) is 5. The molecule has 2 N–H and O–H groups in total. The van der Waals surface area contributed by atoms with Crippen LogP contribution in [0.5, 0.6) is 0 Å². The fraction of sp³-hybridized carbons (Fsp3) is 0.308. The minimum atomic E-state index is -0.502. The van der Waals surface area contributed by atoms with Gasteiger partial charge in [0.2, 0.25) is 0 Å². The maximum Gasteiger partial charge on any atom is 0.270 e. The number of nitrogens with one attached hydrogen (secondary N) is 1. The Balaban J connectivity index is 1.47. The molecule has 34 heavy (non-hydrogen) atoms. The number of carbonyl (C=O) groups excluding carboxylic acids is 1. The molecular formula is C26H28N6O2. The standard InChI is InChI=1S/C26H28N6O2/c1-17-19(15-18-7-9-20(10-8-18)32-13-4-12-27-32)16-23(26(34)29-21-5-3-6-24(21)33)28-25(17)22-11-14-31(2)30-22/h4,7-14,16,21,24,33H,3,5-6,15H2,1-2H3,(H,29,34)/t21-,24-/m0/s1. The van der Waals surface area contributed by atoms with E-state index < -0.39 is 6.10 Å². The van der Waals surface area contributed by atoms with Crippen molar-refractivity contribution in [2.75, 3.05) is 0 Å². The van der Waals surface area contributed by atoms with Gasteiger partial charge in [-0.05, 0) is 79.6 Å². The number of nitrogens with zero attached hydrogens (tertiary/aromatic N) is 5. The highest BCUT2D eigenvalue weighted by molar-refractivity contribution is 5.93. The minimum absolute atomic E-state index is 0.229. The molecule has 0 spiro atoms. The lowest BCUT2D eigenvalue weighted by Crippen LogP contribution is -2.40. The number of aliphatic hydroxyl groups excluding tert-OH is 1. The smallest absolute Gasteiger partial charge is 0.270 e. The highest BCUT2D eigenvalue weighted by Gasteiger charge is 2.28. The van der Waals surface area contributed by atoms with Crippen LogP contribution in [-0.4, -0.2) is 47.7 Å². The molecule has 0 bridgehead atoms. The maximum atomic E-state index is 13.1. The third kappa shape index (κ3) is 4.49. The first kappa shape index (κ1) is 22.0. The highest BCUT2D eigenvalue weighted by atomic mass is 16.3. The average Bonchev–Trinajstić information content (AvgIpc) is 3.59. The van der Waals surface area contributed by atoms with Crippen molar-refractivity contribution in [3.63, 3.8) is 0 Å². The molecule has 1 aliphatic rings. The van der Waals surface area contributed by atoms with Gasteiger partial charge in [-0.2, -0.15) is 10.2 Å². The zero-order chi connectivity index (χ0) is 23.7. The monoisotopic (exact) mass is 456 g/mol. The SMILES string of the molecule is Cc1c(Cc2ccc(-n3cccn3)cc2)cc(C(=O)N[C@H]2CCC[C@@H]2O)nc1-c1ccn(C)n1. The first-order valence-electron chi connectivity index (χ1n) is 11.6. The Morgan fingerprint density at radius 3 is 2.65 bits per heavy atom.